The smallest absolute Gasteiger partial charge is 0.239 e. The second-order valence-electron chi connectivity index (χ2n) is 5.02. The molecule has 0 saturated carbocycles. The van der Waals surface area contributed by atoms with Crippen LogP contribution in [0, 0.1) is 0 Å². The highest BCUT2D eigenvalue weighted by Gasteiger charge is 2.12. The number of thiazole rings is 1. The fraction of sp³-hybridized carbons (Fsp3) is 0.176. The van der Waals surface area contributed by atoms with Crippen LogP contribution in [0.3, 0.4) is 0 Å². The van der Waals surface area contributed by atoms with E-state index >= 15 is 0 Å². The largest absolute Gasteiger partial charge is 0.355 e. The van der Waals surface area contributed by atoms with Gasteiger partial charge < -0.3 is 9.88 Å². The molecule has 0 fully saturated rings. The Morgan fingerprint density at radius 1 is 1.30 bits per heavy atom. The Hall–Kier alpha value is -2.11. The Morgan fingerprint density at radius 3 is 2.83 bits per heavy atom. The van der Waals surface area contributed by atoms with Crippen LogP contribution in [-0.2, 0) is 11.3 Å². The zero-order valence-electron chi connectivity index (χ0n) is 12.6. The number of benzene rings is 1. The van der Waals surface area contributed by atoms with E-state index in [0.29, 0.717) is 18.1 Å². The molecule has 0 aliphatic rings. The van der Waals surface area contributed by atoms with Crippen LogP contribution in [0.25, 0.3) is 22.0 Å². The molecule has 0 unspecified atom stereocenters. The van der Waals surface area contributed by atoms with Gasteiger partial charge >= 0.3 is 0 Å². The van der Waals surface area contributed by atoms with Crippen LogP contribution >= 0.6 is 22.9 Å². The van der Waals surface area contributed by atoms with Crippen LogP contribution in [0.2, 0.25) is 5.02 Å². The molecule has 0 atom stereocenters. The van der Waals surface area contributed by atoms with Crippen LogP contribution in [0.1, 0.15) is 6.92 Å². The van der Waals surface area contributed by atoms with Crippen LogP contribution in [0.5, 0.6) is 0 Å². The predicted octanol–water partition coefficient (Wildman–Crippen LogP) is 4.07. The van der Waals surface area contributed by atoms with Crippen molar-refractivity contribution in [3.8, 4) is 22.0 Å². The van der Waals surface area contributed by atoms with Crippen molar-refractivity contribution in [1.29, 1.82) is 0 Å². The first-order chi connectivity index (χ1) is 11.2. The fourth-order valence-corrected chi connectivity index (χ4v) is 3.29. The first-order valence-corrected chi connectivity index (χ1v) is 8.57. The Bertz CT molecular complexity index is 807. The van der Waals surface area contributed by atoms with Gasteiger partial charge in [0.2, 0.25) is 5.91 Å². The summed E-state index contributed by atoms with van der Waals surface area (Å²) < 4.78 is 1.91. The molecule has 4 nitrogen and oxygen atoms in total. The topological polar surface area (TPSA) is 46.9 Å². The Balaban J connectivity index is 1.85. The second kappa shape index (κ2) is 6.98. The summed E-state index contributed by atoms with van der Waals surface area (Å²) in [5.74, 6) is -0.000527. The molecule has 3 rings (SSSR count). The highest BCUT2D eigenvalue weighted by molar-refractivity contribution is 7.13. The van der Waals surface area contributed by atoms with Gasteiger partial charge in [0, 0.05) is 28.7 Å². The highest BCUT2D eigenvalue weighted by Crippen LogP contribution is 2.29. The first kappa shape index (κ1) is 15.8. The lowest BCUT2D eigenvalue weighted by Gasteiger charge is -2.07. The van der Waals surface area contributed by atoms with Crippen molar-refractivity contribution in [2.45, 2.75) is 13.5 Å². The van der Waals surface area contributed by atoms with E-state index in [0.717, 1.165) is 22.0 Å². The summed E-state index contributed by atoms with van der Waals surface area (Å²) in [6, 6.07) is 11.5. The number of hydrogen-bond acceptors (Lipinski definition) is 3. The van der Waals surface area contributed by atoms with Crippen LogP contribution in [-0.4, -0.2) is 22.0 Å². The lowest BCUT2D eigenvalue weighted by atomic mass is 10.2. The van der Waals surface area contributed by atoms with E-state index in [1.54, 1.807) is 11.3 Å². The number of rotatable bonds is 5. The lowest BCUT2D eigenvalue weighted by Crippen LogP contribution is -2.27. The van der Waals surface area contributed by atoms with Gasteiger partial charge in [-0.25, -0.2) is 4.98 Å². The van der Waals surface area contributed by atoms with Gasteiger partial charge in [0.1, 0.15) is 11.6 Å². The summed E-state index contributed by atoms with van der Waals surface area (Å²) in [6.07, 6.45) is 1.90. The van der Waals surface area contributed by atoms with Gasteiger partial charge in [-0.1, -0.05) is 23.7 Å². The number of amides is 1. The van der Waals surface area contributed by atoms with Gasteiger partial charge in [0.05, 0.1) is 11.4 Å². The molecule has 6 heteroatoms. The van der Waals surface area contributed by atoms with Crippen molar-refractivity contribution in [2.75, 3.05) is 6.54 Å². The van der Waals surface area contributed by atoms with Crippen molar-refractivity contribution < 1.29 is 4.79 Å². The van der Waals surface area contributed by atoms with Crippen LogP contribution in [0.15, 0.2) is 48.0 Å². The SMILES string of the molecule is CCNC(=O)Cn1cccc1-c1nc(-c2ccc(Cl)cc2)cs1. The van der Waals surface area contributed by atoms with E-state index in [1.807, 2.05) is 59.5 Å². The number of carbonyl (C=O) groups excluding carboxylic acids is 1. The van der Waals surface area contributed by atoms with Gasteiger partial charge in [-0.2, -0.15) is 0 Å². The maximum Gasteiger partial charge on any atom is 0.239 e. The van der Waals surface area contributed by atoms with Crippen molar-refractivity contribution >= 4 is 28.8 Å². The maximum absolute atomic E-state index is 11.8. The molecule has 118 valence electrons. The van der Waals surface area contributed by atoms with Crippen molar-refractivity contribution in [3.05, 3.63) is 53.0 Å². The number of nitrogens with one attached hydrogen (secondary N) is 1. The van der Waals surface area contributed by atoms with Gasteiger partial charge in [0.25, 0.3) is 0 Å². The van der Waals surface area contributed by atoms with Crippen LogP contribution in [0.4, 0.5) is 0 Å². The average molecular weight is 346 g/mol. The minimum atomic E-state index is -0.000527. The number of hydrogen-bond donors (Lipinski definition) is 1. The predicted molar refractivity (Wildman–Crippen MR) is 94.7 cm³/mol. The standard InChI is InChI=1S/C17H16ClN3OS/c1-2-19-16(22)10-21-9-3-4-15(21)17-20-14(11-23-17)12-5-7-13(18)8-6-12/h3-9,11H,2,10H2,1H3,(H,19,22). The molecule has 23 heavy (non-hydrogen) atoms. The third-order valence-electron chi connectivity index (χ3n) is 3.38. The van der Waals surface area contributed by atoms with Crippen molar-refractivity contribution in [3.63, 3.8) is 0 Å². The molecule has 2 heterocycles. The molecular weight excluding hydrogens is 330 g/mol. The summed E-state index contributed by atoms with van der Waals surface area (Å²) in [4.78, 5) is 16.5. The average Bonchev–Trinajstić information content (AvgIpc) is 3.17. The van der Waals surface area contributed by atoms with Crippen LogP contribution < -0.4 is 5.32 Å². The summed E-state index contributed by atoms with van der Waals surface area (Å²) in [5, 5.41) is 6.43. The monoisotopic (exact) mass is 345 g/mol. The Labute approximate surface area is 143 Å². The van der Waals surface area contributed by atoms with Gasteiger partial charge in [-0.15, -0.1) is 11.3 Å². The number of aromatic nitrogens is 2. The number of likely N-dealkylation sites (N-methyl/N-ethyl adjacent to an activating group) is 1. The summed E-state index contributed by atoms with van der Waals surface area (Å²) in [7, 11) is 0. The first-order valence-electron chi connectivity index (χ1n) is 7.31. The van der Waals surface area contributed by atoms with Gasteiger partial charge in [-0.05, 0) is 31.2 Å². The zero-order valence-corrected chi connectivity index (χ0v) is 14.2. The molecule has 0 bridgehead atoms. The molecule has 1 aromatic carbocycles. The molecular formula is C17H16ClN3OS. The molecule has 1 N–H and O–H groups in total. The minimum Gasteiger partial charge on any atom is -0.355 e. The van der Waals surface area contributed by atoms with Crippen molar-refractivity contribution in [1.82, 2.24) is 14.9 Å². The zero-order chi connectivity index (χ0) is 16.2. The lowest BCUT2D eigenvalue weighted by molar-refractivity contribution is -0.121. The molecule has 3 aromatic rings. The maximum atomic E-state index is 11.8. The van der Waals surface area contributed by atoms with E-state index in [9.17, 15) is 4.79 Å². The highest BCUT2D eigenvalue weighted by atomic mass is 35.5. The number of carbonyl (C=O) groups is 1. The molecule has 0 saturated heterocycles. The summed E-state index contributed by atoms with van der Waals surface area (Å²) >= 11 is 7.49. The van der Waals surface area contributed by atoms with Gasteiger partial charge in [-0.3, -0.25) is 4.79 Å². The van der Waals surface area contributed by atoms with E-state index in [-0.39, 0.29) is 5.91 Å². The number of halogens is 1. The van der Waals surface area contributed by atoms with E-state index in [4.69, 9.17) is 11.6 Å². The molecule has 2 aromatic heterocycles. The molecule has 1 amide bonds. The summed E-state index contributed by atoms with van der Waals surface area (Å²) in [6.45, 7) is 2.84. The normalized spacial score (nSPS) is 10.7. The number of nitrogens with zero attached hydrogens (tertiary/aromatic N) is 2. The second-order valence-corrected chi connectivity index (χ2v) is 6.31. The third kappa shape index (κ3) is 3.63. The minimum absolute atomic E-state index is 0.000527. The van der Waals surface area contributed by atoms with E-state index in [2.05, 4.69) is 10.3 Å². The Morgan fingerprint density at radius 2 is 2.09 bits per heavy atom. The molecule has 0 spiro atoms. The Kier molecular flexibility index (Phi) is 4.79. The fourth-order valence-electron chi connectivity index (χ4n) is 2.30. The van der Waals surface area contributed by atoms with Crippen molar-refractivity contribution in [2.24, 2.45) is 0 Å². The molecule has 0 aliphatic heterocycles. The summed E-state index contributed by atoms with van der Waals surface area (Å²) in [5.41, 5.74) is 2.88. The van der Waals surface area contributed by atoms with Gasteiger partial charge in [0.15, 0.2) is 0 Å². The quantitative estimate of drug-likeness (QED) is 0.757. The third-order valence-corrected chi connectivity index (χ3v) is 4.50. The molecule has 0 aliphatic carbocycles. The van der Waals surface area contributed by atoms with E-state index in [1.165, 1.54) is 0 Å². The molecule has 0 radical (unpaired) electrons. The van der Waals surface area contributed by atoms with E-state index < -0.39 is 0 Å².